The van der Waals surface area contributed by atoms with E-state index in [0.29, 0.717) is 27.0 Å². The van der Waals surface area contributed by atoms with Gasteiger partial charge in [0.25, 0.3) is 5.91 Å². The lowest BCUT2D eigenvalue weighted by molar-refractivity contribution is -0.116. The van der Waals surface area contributed by atoms with Gasteiger partial charge in [-0.15, -0.1) is 0 Å². The molecule has 1 aromatic heterocycles. The van der Waals surface area contributed by atoms with Crippen LogP contribution in [0.3, 0.4) is 0 Å². The molecule has 0 spiro atoms. The summed E-state index contributed by atoms with van der Waals surface area (Å²) in [6, 6.07) is 16.6. The third-order valence-corrected chi connectivity index (χ3v) is 5.91. The molecule has 1 N–H and O–H groups in total. The lowest BCUT2D eigenvalue weighted by Gasteiger charge is -2.16. The van der Waals surface area contributed by atoms with E-state index in [1.165, 1.54) is 11.8 Å². The van der Waals surface area contributed by atoms with E-state index in [1.807, 2.05) is 42.5 Å². The third-order valence-electron chi connectivity index (χ3n) is 4.84. The van der Waals surface area contributed by atoms with Gasteiger partial charge in [0.2, 0.25) is 5.91 Å². The van der Waals surface area contributed by atoms with Crippen LogP contribution in [0.5, 0.6) is 0 Å². The van der Waals surface area contributed by atoms with Gasteiger partial charge in [0.05, 0.1) is 10.6 Å². The van der Waals surface area contributed by atoms with Crippen LogP contribution in [0.4, 0.5) is 5.13 Å². The fourth-order valence-electron chi connectivity index (χ4n) is 3.37. The first kappa shape index (κ1) is 19.7. The van der Waals surface area contributed by atoms with Gasteiger partial charge in [-0.1, -0.05) is 66.4 Å². The maximum Gasteiger partial charge on any atom is 0.258 e. The SMILES string of the molecule is C=C1c2ccccc2C(=O)N1CCC(=O)Nc1nc(-c2ccccc2)c(C(C)=O)s1. The molecule has 0 aliphatic carbocycles. The van der Waals surface area contributed by atoms with Gasteiger partial charge in [0, 0.05) is 42.3 Å². The second-order valence-electron chi connectivity index (χ2n) is 6.87. The number of hydrogen-bond donors (Lipinski definition) is 1. The van der Waals surface area contributed by atoms with Crippen LogP contribution in [-0.4, -0.2) is 34.0 Å². The molecule has 1 aliphatic rings. The lowest BCUT2D eigenvalue weighted by Crippen LogP contribution is -2.27. The summed E-state index contributed by atoms with van der Waals surface area (Å²) in [5, 5.41) is 3.11. The molecule has 0 unspecified atom stereocenters. The second-order valence-corrected chi connectivity index (χ2v) is 7.87. The molecule has 0 saturated carbocycles. The van der Waals surface area contributed by atoms with Gasteiger partial charge in [-0.3, -0.25) is 14.4 Å². The van der Waals surface area contributed by atoms with Gasteiger partial charge in [0.15, 0.2) is 10.9 Å². The fourth-order valence-corrected chi connectivity index (χ4v) is 4.27. The Balaban J connectivity index is 1.45. The number of nitrogens with zero attached hydrogens (tertiary/aromatic N) is 2. The molecule has 7 heteroatoms. The molecule has 0 radical (unpaired) electrons. The predicted octanol–water partition coefficient (Wildman–Crippen LogP) is 4.47. The van der Waals surface area contributed by atoms with E-state index < -0.39 is 0 Å². The van der Waals surface area contributed by atoms with Crippen molar-refractivity contribution in [1.29, 1.82) is 0 Å². The number of ketones is 1. The van der Waals surface area contributed by atoms with Gasteiger partial charge in [-0.2, -0.15) is 0 Å². The molecule has 4 rings (SSSR count). The average Bonchev–Trinajstić information content (AvgIpc) is 3.27. The Bertz CT molecular complexity index is 1130. The zero-order valence-corrected chi connectivity index (χ0v) is 17.2. The van der Waals surface area contributed by atoms with Gasteiger partial charge < -0.3 is 10.2 Å². The maximum atomic E-state index is 12.5. The molecular weight excluding hydrogens is 398 g/mol. The topological polar surface area (TPSA) is 79.4 Å². The van der Waals surface area contributed by atoms with Crippen LogP contribution in [0.1, 0.15) is 38.9 Å². The number of thiazole rings is 1. The molecule has 2 heterocycles. The molecule has 0 atom stereocenters. The van der Waals surface area contributed by atoms with Crippen molar-refractivity contribution < 1.29 is 14.4 Å². The molecule has 3 aromatic rings. The Labute approximate surface area is 177 Å². The van der Waals surface area contributed by atoms with Crippen LogP contribution in [0.15, 0.2) is 61.2 Å². The van der Waals surface area contributed by atoms with Crippen LogP contribution in [-0.2, 0) is 4.79 Å². The fraction of sp³-hybridized carbons (Fsp3) is 0.130. The normalized spacial score (nSPS) is 12.8. The molecule has 0 bridgehead atoms. The highest BCUT2D eigenvalue weighted by Crippen LogP contribution is 2.33. The van der Waals surface area contributed by atoms with Crippen molar-refractivity contribution in [2.45, 2.75) is 13.3 Å². The Hall–Kier alpha value is -3.58. The van der Waals surface area contributed by atoms with E-state index in [0.717, 1.165) is 22.5 Å². The molecule has 0 saturated heterocycles. The van der Waals surface area contributed by atoms with Gasteiger partial charge >= 0.3 is 0 Å². The zero-order chi connectivity index (χ0) is 21.3. The molecule has 1 aliphatic heterocycles. The van der Waals surface area contributed by atoms with Crippen molar-refractivity contribution in [3.8, 4) is 11.3 Å². The summed E-state index contributed by atoms with van der Waals surface area (Å²) in [7, 11) is 0. The number of Topliss-reactive ketones (excluding diaryl/α,β-unsaturated/α-hetero) is 1. The lowest BCUT2D eigenvalue weighted by atomic mass is 10.1. The zero-order valence-electron chi connectivity index (χ0n) is 16.3. The van der Waals surface area contributed by atoms with Gasteiger partial charge in [-0.25, -0.2) is 4.98 Å². The number of benzene rings is 2. The number of hydrogen-bond acceptors (Lipinski definition) is 5. The van der Waals surface area contributed by atoms with E-state index in [9.17, 15) is 14.4 Å². The predicted molar refractivity (Wildman–Crippen MR) is 117 cm³/mol. The van der Waals surface area contributed by atoms with Crippen LogP contribution >= 0.6 is 11.3 Å². The standard InChI is InChI=1S/C23H19N3O3S/c1-14-17-10-6-7-11-18(17)22(29)26(14)13-12-19(28)24-23-25-20(21(30-23)15(2)27)16-8-4-3-5-9-16/h3-11H,1,12-13H2,2H3,(H,24,25,28). The van der Waals surface area contributed by atoms with Crippen LogP contribution in [0.2, 0.25) is 0 Å². The summed E-state index contributed by atoms with van der Waals surface area (Å²) in [6.07, 6.45) is 0.0917. The smallest absolute Gasteiger partial charge is 0.258 e. The van der Waals surface area contributed by atoms with E-state index in [1.54, 1.807) is 12.1 Å². The number of carbonyl (C=O) groups is 3. The van der Waals surface area contributed by atoms with Gasteiger partial charge in [-0.05, 0) is 6.07 Å². The molecule has 6 nitrogen and oxygen atoms in total. The van der Waals surface area contributed by atoms with E-state index in [2.05, 4.69) is 16.9 Å². The van der Waals surface area contributed by atoms with Crippen molar-refractivity contribution in [2.75, 3.05) is 11.9 Å². The Morgan fingerprint density at radius 3 is 2.40 bits per heavy atom. The first-order chi connectivity index (χ1) is 14.5. The Morgan fingerprint density at radius 2 is 1.73 bits per heavy atom. The summed E-state index contributed by atoms with van der Waals surface area (Å²) >= 11 is 1.15. The van der Waals surface area contributed by atoms with E-state index in [4.69, 9.17) is 0 Å². The number of anilines is 1. The van der Waals surface area contributed by atoms with Gasteiger partial charge in [0.1, 0.15) is 0 Å². The minimum absolute atomic E-state index is 0.0917. The quantitative estimate of drug-likeness (QED) is 0.600. The van der Waals surface area contributed by atoms with Crippen LogP contribution in [0.25, 0.3) is 17.0 Å². The van der Waals surface area contributed by atoms with Crippen molar-refractivity contribution in [1.82, 2.24) is 9.88 Å². The van der Waals surface area contributed by atoms with Crippen LogP contribution in [0, 0.1) is 0 Å². The number of aromatic nitrogens is 1. The largest absolute Gasteiger partial charge is 0.308 e. The first-order valence-corrected chi connectivity index (χ1v) is 10.2. The Morgan fingerprint density at radius 1 is 1.07 bits per heavy atom. The number of amides is 2. The summed E-state index contributed by atoms with van der Waals surface area (Å²) < 4.78 is 0. The highest BCUT2D eigenvalue weighted by atomic mass is 32.1. The number of rotatable bonds is 6. The van der Waals surface area contributed by atoms with Crippen LogP contribution < -0.4 is 5.32 Å². The summed E-state index contributed by atoms with van der Waals surface area (Å²) in [5.41, 5.74) is 3.36. The van der Waals surface area contributed by atoms with Crippen molar-refractivity contribution in [3.05, 3.63) is 77.2 Å². The maximum absolute atomic E-state index is 12.5. The summed E-state index contributed by atoms with van der Waals surface area (Å²) in [5.74, 6) is -0.540. The highest BCUT2D eigenvalue weighted by Gasteiger charge is 2.30. The minimum Gasteiger partial charge on any atom is -0.308 e. The Kier molecular flexibility index (Phi) is 5.29. The van der Waals surface area contributed by atoms with E-state index >= 15 is 0 Å². The summed E-state index contributed by atoms with van der Waals surface area (Å²) in [6.45, 7) is 5.68. The average molecular weight is 417 g/mol. The molecule has 0 fully saturated rings. The highest BCUT2D eigenvalue weighted by molar-refractivity contribution is 7.18. The third kappa shape index (κ3) is 3.67. The van der Waals surface area contributed by atoms with Crippen molar-refractivity contribution >= 4 is 39.8 Å². The van der Waals surface area contributed by atoms with Crippen molar-refractivity contribution in [3.63, 3.8) is 0 Å². The summed E-state index contributed by atoms with van der Waals surface area (Å²) in [4.78, 5) is 43.5. The first-order valence-electron chi connectivity index (χ1n) is 9.43. The minimum atomic E-state index is -0.282. The molecular formula is C23H19N3O3S. The van der Waals surface area contributed by atoms with E-state index in [-0.39, 0.29) is 30.6 Å². The molecule has 2 aromatic carbocycles. The van der Waals surface area contributed by atoms with Crippen molar-refractivity contribution in [2.24, 2.45) is 0 Å². The molecule has 30 heavy (non-hydrogen) atoms. The number of carbonyl (C=O) groups excluding carboxylic acids is 3. The molecule has 150 valence electrons. The second kappa shape index (κ2) is 8.04. The number of fused-ring (bicyclic) bond motifs is 1. The molecule has 2 amide bonds. The number of nitrogens with one attached hydrogen (secondary N) is 1. The monoisotopic (exact) mass is 417 g/mol.